The van der Waals surface area contributed by atoms with Gasteiger partial charge in [-0.2, -0.15) is 0 Å². The van der Waals surface area contributed by atoms with Crippen LogP contribution in [-0.4, -0.2) is 81.8 Å². The molecule has 1 N–H and O–H groups in total. The van der Waals surface area contributed by atoms with E-state index in [-0.39, 0.29) is 18.6 Å². The van der Waals surface area contributed by atoms with Crippen LogP contribution in [0.5, 0.6) is 5.75 Å². The summed E-state index contributed by atoms with van der Waals surface area (Å²) >= 11 is 0. The van der Waals surface area contributed by atoms with Gasteiger partial charge in [0.25, 0.3) is 0 Å². The molecule has 7 nitrogen and oxygen atoms in total. The zero-order chi connectivity index (χ0) is 19.5. The van der Waals surface area contributed by atoms with Crippen molar-refractivity contribution in [3.05, 3.63) is 30.3 Å². The number of carbonyl (C=O) groups is 1. The highest BCUT2D eigenvalue weighted by atomic mass is 16.5. The van der Waals surface area contributed by atoms with E-state index >= 15 is 0 Å². The van der Waals surface area contributed by atoms with Gasteiger partial charge in [-0.25, -0.2) is 4.99 Å². The average molecular weight is 377 g/mol. The Balaban J connectivity index is 1.87. The summed E-state index contributed by atoms with van der Waals surface area (Å²) in [6.07, 6.45) is 3.57. The second kappa shape index (κ2) is 11.4. The minimum atomic E-state index is -0.0304. The molecule has 0 spiro atoms. The van der Waals surface area contributed by atoms with Crippen molar-refractivity contribution in [3.8, 4) is 5.75 Å². The van der Waals surface area contributed by atoms with Crippen molar-refractivity contribution in [1.82, 2.24) is 15.1 Å². The topological polar surface area (TPSA) is 66.4 Å². The van der Waals surface area contributed by atoms with Crippen LogP contribution in [0.4, 0.5) is 0 Å². The molecule has 1 aromatic rings. The number of hydrogen-bond donors (Lipinski definition) is 1. The molecule has 1 heterocycles. The van der Waals surface area contributed by atoms with Crippen molar-refractivity contribution in [1.29, 1.82) is 0 Å². The molecule has 7 heteroatoms. The molecule has 1 fully saturated rings. The van der Waals surface area contributed by atoms with Gasteiger partial charge in [-0.15, -0.1) is 0 Å². The van der Waals surface area contributed by atoms with Gasteiger partial charge in [-0.1, -0.05) is 18.2 Å². The predicted molar refractivity (Wildman–Crippen MR) is 107 cm³/mol. The van der Waals surface area contributed by atoms with Gasteiger partial charge in [-0.05, 0) is 31.4 Å². The third-order valence-electron chi connectivity index (χ3n) is 4.42. The van der Waals surface area contributed by atoms with Crippen LogP contribution < -0.4 is 10.1 Å². The summed E-state index contributed by atoms with van der Waals surface area (Å²) < 4.78 is 11.5. The van der Waals surface area contributed by atoms with Gasteiger partial charge in [-0.3, -0.25) is 4.79 Å². The lowest BCUT2D eigenvalue weighted by atomic mass is 10.1. The maximum absolute atomic E-state index is 11.9. The van der Waals surface area contributed by atoms with Crippen LogP contribution in [0.25, 0.3) is 0 Å². The highest BCUT2D eigenvalue weighted by Crippen LogP contribution is 2.12. The van der Waals surface area contributed by atoms with E-state index in [9.17, 15) is 4.79 Å². The second-order valence-corrected chi connectivity index (χ2v) is 6.88. The first-order chi connectivity index (χ1) is 13.1. The molecule has 0 saturated carbocycles. The van der Waals surface area contributed by atoms with Crippen molar-refractivity contribution in [3.63, 3.8) is 0 Å². The third kappa shape index (κ3) is 7.86. The zero-order valence-electron chi connectivity index (χ0n) is 16.7. The quantitative estimate of drug-likeness (QED) is 0.551. The molecule has 150 valence electrons. The molecule has 1 aromatic carbocycles. The molecule has 1 aliphatic rings. The molecule has 1 amide bonds. The van der Waals surface area contributed by atoms with Crippen LogP contribution in [0.2, 0.25) is 0 Å². The Labute approximate surface area is 162 Å². The maximum atomic E-state index is 11.9. The Bertz CT molecular complexity index is 586. The molecule has 0 radical (unpaired) electrons. The number of ether oxygens (including phenoxy) is 2. The second-order valence-electron chi connectivity index (χ2n) is 6.88. The molecule has 1 aliphatic heterocycles. The van der Waals surface area contributed by atoms with E-state index in [2.05, 4.69) is 10.3 Å². The van der Waals surface area contributed by atoms with Crippen LogP contribution in [-0.2, 0) is 9.53 Å². The lowest BCUT2D eigenvalue weighted by Crippen LogP contribution is -2.45. The lowest BCUT2D eigenvalue weighted by molar-refractivity contribution is -0.127. The summed E-state index contributed by atoms with van der Waals surface area (Å²) in [5.41, 5.74) is 0. The fourth-order valence-electron chi connectivity index (χ4n) is 2.69. The summed E-state index contributed by atoms with van der Waals surface area (Å²) in [6.45, 7) is 2.81. The van der Waals surface area contributed by atoms with E-state index in [1.54, 1.807) is 19.0 Å². The smallest absolute Gasteiger partial charge is 0.243 e. The van der Waals surface area contributed by atoms with E-state index in [1.807, 2.05) is 42.3 Å². The maximum Gasteiger partial charge on any atom is 0.243 e. The number of hydrogen-bond acceptors (Lipinski definition) is 4. The third-order valence-corrected chi connectivity index (χ3v) is 4.42. The monoisotopic (exact) mass is 376 g/mol. The fraction of sp³-hybridized carbons (Fsp3) is 0.600. The van der Waals surface area contributed by atoms with Crippen molar-refractivity contribution in [2.45, 2.75) is 25.4 Å². The number of para-hydroxylation sites is 1. The first-order valence-electron chi connectivity index (χ1n) is 9.55. The van der Waals surface area contributed by atoms with E-state index in [0.29, 0.717) is 25.7 Å². The largest absolute Gasteiger partial charge is 0.492 e. The van der Waals surface area contributed by atoms with Crippen LogP contribution >= 0.6 is 0 Å². The van der Waals surface area contributed by atoms with Gasteiger partial charge in [0.1, 0.15) is 18.9 Å². The Kier molecular flexibility index (Phi) is 8.91. The van der Waals surface area contributed by atoms with Crippen molar-refractivity contribution < 1.29 is 14.3 Å². The molecular formula is C20H32N4O3. The number of carbonyl (C=O) groups excluding carboxylic acids is 1. The fourth-order valence-corrected chi connectivity index (χ4v) is 2.69. The Morgan fingerprint density at radius 2 is 2.04 bits per heavy atom. The number of rotatable bonds is 8. The summed E-state index contributed by atoms with van der Waals surface area (Å²) in [4.78, 5) is 19.9. The number of aliphatic imine (C=N–C) groups is 1. The molecule has 0 aromatic heterocycles. The molecule has 0 aliphatic carbocycles. The predicted octanol–water partition coefficient (Wildman–Crippen LogP) is 1.60. The van der Waals surface area contributed by atoms with E-state index in [1.165, 1.54) is 6.42 Å². The molecule has 1 unspecified atom stereocenters. The van der Waals surface area contributed by atoms with Gasteiger partial charge in [0, 0.05) is 34.3 Å². The Hall–Kier alpha value is -2.28. The van der Waals surface area contributed by atoms with Gasteiger partial charge in [0.15, 0.2) is 5.96 Å². The first kappa shape index (κ1) is 21.0. The lowest BCUT2D eigenvalue weighted by Gasteiger charge is -2.27. The standard InChI is InChI=1S/C20H32N4O3/c1-23(2)19(25)16-22-20(21-15-18-11-7-8-13-26-18)24(3)12-14-27-17-9-5-4-6-10-17/h4-6,9-10,18H,7-8,11-16H2,1-3H3,(H,21,22). The minimum Gasteiger partial charge on any atom is -0.492 e. The van der Waals surface area contributed by atoms with Gasteiger partial charge < -0.3 is 24.6 Å². The van der Waals surface area contributed by atoms with Crippen LogP contribution in [0.1, 0.15) is 19.3 Å². The summed E-state index contributed by atoms with van der Waals surface area (Å²) in [7, 11) is 5.42. The highest BCUT2D eigenvalue weighted by Gasteiger charge is 2.16. The number of nitrogens with one attached hydrogen (secondary N) is 1. The molecule has 1 saturated heterocycles. The van der Waals surface area contributed by atoms with Gasteiger partial charge >= 0.3 is 0 Å². The SMILES string of the molecule is CN(C)C(=O)CN=C(NCC1CCCCO1)N(C)CCOc1ccccc1. The number of amides is 1. The Morgan fingerprint density at radius 1 is 1.26 bits per heavy atom. The van der Waals surface area contributed by atoms with Crippen LogP contribution in [0.3, 0.4) is 0 Å². The van der Waals surface area contributed by atoms with Crippen molar-refractivity contribution >= 4 is 11.9 Å². The van der Waals surface area contributed by atoms with Gasteiger partial charge in [0.2, 0.25) is 5.91 Å². The summed E-state index contributed by atoms with van der Waals surface area (Å²) in [5, 5.41) is 3.36. The molecule has 2 rings (SSSR count). The van der Waals surface area contributed by atoms with Gasteiger partial charge in [0.05, 0.1) is 12.6 Å². The molecular weight excluding hydrogens is 344 g/mol. The highest BCUT2D eigenvalue weighted by molar-refractivity contribution is 5.84. The summed E-state index contributed by atoms with van der Waals surface area (Å²) in [6, 6.07) is 9.73. The number of guanidine groups is 1. The molecule has 1 atom stereocenters. The molecule has 0 bridgehead atoms. The van der Waals surface area contributed by atoms with E-state index in [0.717, 1.165) is 25.2 Å². The first-order valence-corrected chi connectivity index (χ1v) is 9.55. The van der Waals surface area contributed by atoms with Crippen molar-refractivity contribution in [2.75, 3.05) is 54.0 Å². The van der Waals surface area contributed by atoms with E-state index in [4.69, 9.17) is 9.47 Å². The van der Waals surface area contributed by atoms with Crippen LogP contribution in [0.15, 0.2) is 35.3 Å². The normalized spacial score (nSPS) is 17.3. The van der Waals surface area contributed by atoms with Crippen LogP contribution in [0, 0.1) is 0 Å². The molecule has 27 heavy (non-hydrogen) atoms. The number of likely N-dealkylation sites (N-methyl/N-ethyl adjacent to an activating group) is 2. The average Bonchev–Trinajstić information content (AvgIpc) is 2.69. The number of benzene rings is 1. The summed E-state index contributed by atoms with van der Waals surface area (Å²) in [5.74, 6) is 1.50. The minimum absolute atomic E-state index is 0.0304. The number of nitrogens with zero attached hydrogens (tertiary/aromatic N) is 3. The zero-order valence-corrected chi connectivity index (χ0v) is 16.7. The Morgan fingerprint density at radius 3 is 2.70 bits per heavy atom. The van der Waals surface area contributed by atoms with E-state index < -0.39 is 0 Å². The van der Waals surface area contributed by atoms with Crippen molar-refractivity contribution in [2.24, 2.45) is 4.99 Å².